The Hall–Kier alpha value is -1.32. The molecule has 0 amide bonds. The topological polar surface area (TPSA) is 52.6 Å². The van der Waals surface area contributed by atoms with Crippen molar-refractivity contribution in [1.29, 1.82) is 0 Å². The second kappa shape index (κ2) is 5.68. The van der Waals surface area contributed by atoms with E-state index in [1.807, 2.05) is 0 Å². The lowest BCUT2D eigenvalue weighted by Crippen LogP contribution is -2.25. The Bertz CT molecular complexity index is 284. The van der Waals surface area contributed by atoms with Crippen molar-refractivity contribution in [3.63, 3.8) is 0 Å². The highest BCUT2D eigenvalue weighted by molar-refractivity contribution is 5.93. The largest absolute Gasteiger partial charge is 0.460 e. The Morgan fingerprint density at radius 2 is 1.75 bits per heavy atom. The molecule has 0 unspecified atom stereocenters. The second-order valence-electron chi connectivity index (χ2n) is 4.82. The molecule has 0 fully saturated rings. The number of hydrogen-bond donors (Lipinski definition) is 0. The standard InChI is InChI=1S/C12H20O4/c1-8(2)15-11(14)9(3)7-10(13)16-12(4,5)6/h8H,3,7H2,1-2,4-6H3. The van der Waals surface area contributed by atoms with Crippen LogP contribution in [0, 0.1) is 0 Å². The van der Waals surface area contributed by atoms with Crippen LogP contribution in [0.4, 0.5) is 0 Å². The van der Waals surface area contributed by atoms with E-state index >= 15 is 0 Å². The molecule has 0 heterocycles. The van der Waals surface area contributed by atoms with E-state index in [1.165, 1.54) is 0 Å². The lowest BCUT2D eigenvalue weighted by atomic mass is 10.2. The molecule has 4 heteroatoms. The molecule has 0 aromatic carbocycles. The number of esters is 2. The average Bonchev–Trinajstić information content (AvgIpc) is 1.98. The zero-order chi connectivity index (χ0) is 12.9. The van der Waals surface area contributed by atoms with E-state index in [0.717, 1.165) is 0 Å². The average molecular weight is 228 g/mol. The van der Waals surface area contributed by atoms with Gasteiger partial charge in [-0.1, -0.05) is 6.58 Å². The van der Waals surface area contributed by atoms with E-state index in [9.17, 15) is 9.59 Å². The Balaban J connectivity index is 4.15. The molecule has 0 aliphatic carbocycles. The third-order valence-corrected chi connectivity index (χ3v) is 1.41. The summed E-state index contributed by atoms with van der Waals surface area (Å²) in [5.41, 5.74) is -0.442. The van der Waals surface area contributed by atoms with Crippen molar-refractivity contribution in [2.45, 2.75) is 52.7 Å². The number of carbonyl (C=O) groups excluding carboxylic acids is 2. The fourth-order valence-electron chi connectivity index (χ4n) is 0.921. The summed E-state index contributed by atoms with van der Waals surface area (Å²) < 4.78 is 9.95. The fraction of sp³-hybridized carbons (Fsp3) is 0.667. The van der Waals surface area contributed by atoms with Gasteiger partial charge >= 0.3 is 11.9 Å². The van der Waals surface area contributed by atoms with Crippen molar-refractivity contribution < 1.29 is 19.1 Å². The highest BCUT2D eigenvalue weighted by Crippen LogP contribution is 2.11. The Morgan fingerprint density at radius 1 is 1.25 bits per heavy atom. The SMILES string of the molecule is C=C(CC(=O)OC(C)(C)C)C(=O)OC(C)C. The summed E-state index contributed by atoms with van der Waals surface area (Å²) in [5, 5.41) is 0. The van der Waals surface area contributed by atoms with Gasteiger partial charge in [-0.05, 0) is 34.6 Å². The van der Waals surface area contributed by atoms with Gasteiger partial charge in [-0.3, -0.25) is 4.79 Å². The van der Waals surface area contributed by atoms with Crippen LogP contribution in [0.1, 0.15) is 41.0 Å². The van der Waals surface area contributed by atoms with Crippen LogP contribution in [0.15, 0.2) is 12.2 Å². The summed E-state index contributed by atoms with van der Waals surface area (Å²) >= 11 is 0. The molecule has 0 atom stereocenters. The van der Waals surface area contributed by atoms with Crippen LogP contribution < -0.4 is 0 Å². The van der Waals surface area contributed by atoms with Gasteiger partial charge in [-0.2, -0.15) is 0 Å². The molecule has 0 aromatic rings. The van der Waals surface area contributed by atoms with Crippen molar-refractivity contribution >= 4 is 11.9 Å². The van der Waals surface area contributed by atoms with Gasteiger partial charge in [-0.15, -0.1) is 0 Å². The molecule has 0 aliphatic heterocycles. The van der Waals surface area contributed by atoms with Gasteiger partial charge in [0.25, 0.3) is 0 Å². The number of ether oxygens (including phenoxy) is 2. The fourth-order valence-corrected chi connectivity index (χ4v) is 0.921. The first-order valence-corrected chi connectivity index (χ1v) is 5.22. The van der Waals surface area contributed by atoms with Gasteiger partial charge in [0.05, 0.1) is 12.5 Å². The summed E-state index contributed by atoms with van der Waals surface area (Å²) in [5.74, 6) is -1.03. The zero-order valence-corrected chi connectivity index (χ0v) is 10.6. The first kappa shape index (κ1) is 14.7. The van der Waals surface area contributed by atoms with Crippen LogP contribution in [0.25, 0.3) is 0 Å². The second-order valence-corrected chi connectivity index (χ2v) is 4.82. The number of hydrogen-bond acceptors (Lipinski definition) is 4. The number of carbonyl (C=O) groups is 2. The molecule has 0 saturated carbocycles. The predicted octanol–water partition coefficient (Wildman–Crippen LogP) is 2.23. The summed E-state index contributed by atoms with van der Waals surface area (Å²) in [6.45, 7) is 12.3. The van der Waals surface area contributed by atoms with Crippen molar-refractivity contribution in [2.24, 2.45) is 0 Å². The summed E-state index contributed by atoms with van der Waals surface area (Å²) in [6, 6.07) is 0. The van der Waals surface area contributed by atoms with Gasteiger partial charge < -0.3 is 9.47 Å². The molecule has 0 saturated heterocycles. The third-order valence-electron chi connectivity index (χ3n) is 1.41. The summed E-state index contributed by atoms with van der Waals surface area (Å²) in [4.78, 5) is 22.7. The van der Waals surface area contributed by atoms with Crippen molar-refractivity contribution in [1.82, 2.24) is 0 Å². The molecule has 92 valence electrons. The van der Waals surface area contributed by atoms with Crippen LogP contribution >= 0.6 is 0 Å². The predicted molar refractivity (Wildman–Crippen MR) is 60.8 cm³/mol. The maximum absolute atomic E-state index is 11.4. The first-order valence-electron chi connectivity index (χ1n) is 5.22. The van der Waals surface area contributed by atoms with Crippen LogP contribution in [-0.4, -0.2) is 23.6 Å². The molecular formula is C12H20O4. The van der Waals surface area contributed by atoms with E-state index in [1.54, 1.807) is 34.6 Å². The maximum Gasteiger partial charge on any atom is 0.334 e. The van der Waals surface area contributed by atoms with Gasteiger partial charge in [0, 0.05) is 5.57 Å². The van der Waals surface area contributed by atoms with Crippen molar-refractivity contribution in [3.05, 3.63) is 12.2 Å². The van der Waals surface area contributed by atoms with Crippen molar-refractivity contribution in [3.8, 4) is 0 Å². The van der Waals surface area contributed by atoms with Crippen LogP contribution in [-0.2, 0) is 19.1 Å². The molecule has 0 bridgehead atoms. The van der Waals surface area contributed by atoms with Gasteiger partial charge in [0.1, 0.15) is 5.60 Å². The lowest BCUT2D eigenvalue weighted by molar-refractivity contribution is -0.156. The minimum absolute atomic E-state index is 0.114. The number of rotatable bonds is 4. The Kier molecular flexibility index (Phi) is 5.21. The maximum atomic E-state index is 11.4. The molecule has 0 N–H and O–H groups in total. The molecule has 0 spiro atoms. The van der Waals surface area contributed by atoms with Gasteiger partial charge in [0.2, 0.25) is 0 Å². The Morgan fingerprint density at radius 3 is 2.12 bits per heavy atom. The van der Waals surface area contributed by atoms with Crippen LogP contribution in [0.5, 0.6) is 0 Å². The first-order chi connectivity index (χ1) is 7.11. The third kappa shape index (κ3) is 7.04. The highest BCUT2D eigenvalue weighted by atomic mass is 16.6. The molecule has 16 heavy (non-hydrogen) atoms. The van der Waals surface area contributed by atoms with Gasteiger partial charge in [-0.25, -0.2) is 4.79 Å². The normalized spacial score (nSPS) is 11.1. The zero-order valence-electron chi connectivity index (χ0n) is 10.6. The van der Waals surface area contributed by atoms with Crippen LogP contribution in [0.2, 0.25) is 0 Å². The van der Waals surface area contributed by atoms with Crippen LogP contribution in [0.3, 0.4) is 0 Å². The molecule has 0 rings (SSSR count). The van der Waals surface area contributed by atoms with E-state index in [0.29, 0.717) is 0 Å². The van der Waals surface area contributed by atoms with E-state index in [4.69, 9.17) is 9.47 Å². The lowest BCUT2D eigenvalue weighted by Gasteiger charge is -2.19. The molecule has 4 nitrogen and oxygen atoms in total. The van der Waals surface area contributed by atoms with E-state index in [-0.39, 0.29) is 18.1 Å². The molecule has 0 radical (unpaired) electrons. The minimum atomic E-state index is -0.556. The van der Waals surface area contributed by atoms with Gasteiger partial charge in [0.15, 0.2) is 0 Å². The minimum Gasteiger partial charge on any atom is -0.460 e. The van der Waals surface area contributed by atoms with E-state index in [2.05, 4.69) is 6.58 Å². The smallest absolute Gasteiger partial charge is 0.334 e. The molecule has 0 aliphatic rings. The molecule has 0 aromatic heterocycles. The van der Waals surface area contributed by atoms with Crippen molar-refractivity contribution in [2.75, 3.05) is 0 Å². The van der Waals surface area contributed by atoms with E-state index < -0.39 is 17.5 Å². The summed E-state index contributed by atoms with van der Waals surface area (Å²) in [7, 11) is 0. The monoisotopic (exact) mass is 228 g/mol. The highest BCUT2D eigenvalue weighted by Gasteiger charge is 2.20. The summed E-state index contributed by atoms with van der Waals surface area (Å²) in [6.07, 6.45) is -0.356. The molecular weight excluding hydrogens is 208 g/mol. The Labute approximate surface area is 96.6 Å². The quantitative estimate of drug-likeness (QED) is 0.547.